The first-order valence-corrected chi connectivity index (χ1v) is 15.3. The fourth-order valence-corrected chi connectivity index (χ4v) is 7.61. The van der Waals surface area contributed by atoms with Crippen molar-refractivity contribution in [3.05, 3.63) is 47.0 Å². The second kappa shape index (κ2) is 9.20. The molecule has 1 aliphatic heterocycles. The van der Waals surface area contributed by atoms with E-state index in [0.717, 1.165) is 59.2 Å². The molecule has 0 aromatic carbocycles. The number of aryl methyl sites for hydroxylation is 1. The molecule has 37 heavy (non-hydrogen) atoms. The van der Waals surface area contributed by atoms with Gasteiger partial charge in [0, 0.05) is 48.1 Å². The third-order valence-corrected chi connectivity index (χ3v) is 10.3. The van der Waals surface area contributed by atoms with E-state index in [0.29, 0.717) is 42.5 Å². The second-order valence-corrected chi connectivity index (χ2v) is 13.5. The van der Waals surface area contributed by atoms with Gasteiger partial charge in [-0.15, -0.1) is 0 Å². The summed E-state index contributed by atoms with van der Waals surface area (Å²) in [4.78, 5) is 15.8. The average Bonchev–Trinajstić information content (AvgIpc) is 3.50. The Balaban J connectivity index is 1.30. The molecule has 0 bridgehead atoms. The van der Waals surface area contributed by atoms with Crippen LogP contribution in [0.2, 0.25) is 0 Å². The average molecular weight is 521 g/mol. The van der Waals surface area contributed by atoms with Crippen molar-refractivity contribution < 1.29 is 8.42 Å². The summed E-state index contributed by atoms with van der Waals surface area (Å²) in [6, 6.07) is 4.90. The predicted molar refractivity (Wildman–Crippen MR) is 147 cm³/mol. The molecule has 4 aromatic heterocycles. The van der Waals surface area contributed by atoms with Gasteiger partial charge in [-0.2, -0.15) is 5.10 Å². The summed E-state index contributed by atoms with van der Waals surface area (Å²) in [5.74, 6) is 1.37. The highest BCUT2D eigenvalue weighted by molar-refractivity contribution is 7.91. The van der Waals surface area contributed by atoms with Crippen molar-refractivity contribution in [2.45, 2.75) is 71.3 Å². The van der Waals surface area contributed by atoms with E-state index >= 15 is 0 Å². The summed E-state index contributed by atoms with van der Waals surface area (Å²) in [5, 5.41) is 4.40. The Labute approximate surface area is 218 Å². The van der Waals surface area contributed by atoms with Crippen LogP contribution in [-0.4, -0.2) is 68.5 Å². The van der Waals surface area contributed by atoms with E-state index in [2.05, 4.69) is 66.0 Å². The summed E-state index contributed by atoms with van der Waals surface area (Å²) in [6.45, 7) is 10.1. The lowest BCUT2D eigenvalue weighted by Crippen LogP contribution is -2.47. The van der Waals surface area contributed by atoms with Crippen LogP contribution in [0.5, 0.6) is 0 Å². The number of hydrogen-bond acceptors (Lipinski definition) is 6. The lowest BCUT2D eigenvalue weighted by atomic mass is 9.83. The summed E-state index contributed by atoms with van der Waals surface area (Å²) >= 11 is 0. The number of rotatable bonds is 4. The van der Waals surface area contributed by atoms with Gasteiger partial charge in [-0.3, -0.25) is 9.88 Å². The molecule has 0 spiro atoms. The van der Waals surface area contributed by atoms with Gasteiger partial charge in [0.1, 0.15) is 6.33 Å². The van der Waals surface area contributed by atoms with Crippen LogP contribution >= 0.6 is 0 Å². The van der Waals surface area contributed by atoms with Crippen LogP contribution in [0.3, 0.4) is 0 Å². The van der Waals surface area contributed by atoms with Crippen molar-refractivity contribution in [2.75, 3.05) is 24.6 Å². The zero-order valence-electron chi connectivity index (χ0n) is 22.2. The lowest BCUT2D eigenvalue weighted by molar-refractivity contribution is 0.160. The fourth-order valence-electron chi connectivity index (χ4n) is 6.39. The van der Waals surface area contributed by atoms with Gasteiger partial charge in [-0.05, 0) is 68.7 Å². The molecule has 4 aromatic rings. The second-order valence-electron chi connectivity index (χ2n) is 11.2. The Morgan fingerprint density at radius 3 is 2.46 bits per heavy atom. The number of aromatic nitrogens is 5. The highest BCUT2D eigenvalue weighted by Crippen LogP contribution is 2.39. The van der Waals surface area contributed by atoms with Crippen molar-refractivity contribution in [3.8, 4) is 11.3 Å². The normalized spacial score (nSPS) is 22.8. The molecule has 1 saturated carbocycles. The van der Waals surface area contributed by atoms with Crippen molar-refractivity contribution in [3.63, 3.8) is 0 Å². The molecule has 1 aliphatic carbocycles. The van der Waals surface area contributed by atoms with Crippen LogP contribution in [0.1, 0.15) is 73.8 Å². The Morgan fingerprint density at radius 1 is 1.03 bits per heavy atom. The summed E-state index contributed by atoms with van der Waals surface area (Å²) < 4.78 is 25.5. The highest BCUT2D eigenvalue weighted by atomic mass is 32.2. The summed E-state index contributed by atoms with van der Waals surface area (Å²) in [5.41, 5.74) is 10.1. The van der Waals surface area contributed by atoms with Gasteiger partial charge in [0.05, 0.1) is 28.2 Å². The Morgan fingerprint density at radius 2 is 1.76 bits per heavy atom. The smallest absolute Gasteiger partial charge is 0.158 e. The Hall–Kier alpha value is -2.78. The van der Waals surface area contributed by atoms with Gasteiger partial charge < -0.3 is 4.98 Å². The maximum atomic E-state index is 11.8. The molecular formula is C28H36N6O2S. The first-order chi connectivity index (χ1) is 17.7. The summed E-state index contributed by atoms with van der Waals surface area (Å²) in [6.07, 6.45) is 8.10. The topological polar surface area (TPSA) is 96.2 Å². The third kappa shape index (κ3) is 4.36. The number of nitrogens with zero attached hydrogens (tertiary/aromatic N) is 5. The van der Waals surface area contributed by atoms with E-state index in [1.54, 1.807) is 6.33 Å². The lowest BCUT2D eigenvalue weighted by Gasteiger charge is -2.38. The molecule has 0 unspecified atom stereocenters. The van der Waals surface area contributed by atoms with Crippen molar-refractivity contribution in [2.24, 2.45) is 0 Å². The maximum Gasteiger partial charge on any atom is 0.158 e. The molecular weight excluding hydrogens is 484 g/mol. The largest absolute Gasteiger partial charge is 0.353 e. The highest BCUT2D eigenvalue weighted by Gasteiger charge is 2.31. The number of fused-ring (bicyclic) bond motifs is 2. The molecule has 2 aliphatic rings. The molecule has 9 heteroatoms. The quantitative estimate of drug-likeness (QED) is 0.416. The molecule has 5 heterocycles. The van der Waals surface area contributed by atoms with Crippen LogP contribution in [0.4, 0.5) is 0 Å². The minimum Gasteiger partial charge on any atom is -0.353 e. The number of aromatic amines is 1. The van der Waals surface area contributed by atoms with E-state index in [-0.39, 0.29) is 0 Å². The SMILES string of the molecule is Cc1c(-c2[nH]c3ccc([C@H]4CC[C@H](N5CCS(=O)(=O)CC5)CC4)nc3c2C(C)C)cn2ncnc2c1C. The molecule has 0 radical (unpaired) electrons. The molecule has 1 N–H and O–H groups in total. The van der Waals surface area contributed by atoms with E-state index in [9.17, 15) is 8.42 Å². The third-order valence-electron chi connectivity index (χ3n) is 8.68. The first-order valence-electron chi connectivity index (χ1n) is 13.5. The number of H-pyrrole nitrogens is 1. The number of pyridine rings is 2. The molecule has 0 atom stereocenters. The van der Waals surface area contributed by atoms with Crippen LogP contribution in [0.25, 0.3) is 27.9 Å². The van der Waals surface area contributed by atoms with E-state index in [1.807, 2.05) is 4.52 Å². The van der Waals surface area contributed by atoms with E-state index < -0.39 is 9.84 Å². The minimum atomic E-state index is -2.83. The van der Waals surface area contributed by atoms with Gasteiger partial charge in [-0.25, -0.2) is 17.9 Å². The number of nitrogens with one attached hydrogen (secondary N) is 1. The van der Waals surface area contributed by atoms with Gasteiger partial charge in [0.25, 0.3) is 0 Å². The standard InChI is InChI=1S/C28H36N6O2S/c1-17(2)25-26(22-15-34-28(29-16-30-34)19(4)18(22)3)32-24-10-9-23(31-27(24)25)20-5-7-21(8-6-20)33-11-13-37(35,36)14-12-33/h9-10,15-17,20-21,32H,5-8,11-14H2,1-4H3/t20-,21-. The Bertz CT molecular complexity index is 1560. The van der Waals surface area contributed by atoms with Crippen LogP contribution < -0.4 is 0 Å². The van der Waals surface area contributed by atoms with Crippen LogP contribution in [0, 0.1) is 13.8 Å². The maximum absolute atomic E-state index is 11.8. The fraction of sp³-hybridized carbons (Fsp3) is 0.536. The van der Waals surface area contributed by atoms with E-state index in [4.69, 9.17) is 4.98 Å². The molecule has 0 amide bonds. The van der Waals surface area contributed by atoms with Crippen molar-refractivity contribution in [1.82, 2.24) is 29.5 Å². The first kappa shape index (κ1) is 24.6. The number of hydrogen-bond donors (Lipinski definition) is 1. The van der Waals surface area contributed by atoms with Gasteiger partial charge >= 0.3 is 0 Å². The van der Waals surface area contributed by atoms with Crippen LogP contribution in [-0.2, 0) is 9.84 Å². The van der Waals surface area contributed by atoms with E-state index in [1.165, 1.54) is 16.8 Å². The molecule has 6 rings (SSSR count). The minimum absolute atomic E-state index is 0.307. The molecule has 1 saturated heterocycles. The predicted octanol–water partition coefficient (Wildman–Crippen LogP) is 4.77. The van der Waals surface area contributed by atoms with Crippen molar-refractivity contribution in [1.29, 1.82) is 0 Å². The molecule has 196 valence electrons. The van der Waals surface area contributed by atoms with Gasteiger partial charge in [-0.1, -0.05) is 13.8 Å². The monoisotopic (exact) mass is 520 g/mol. The summed E-state index contributed by atoms with van der Waals surface area (Å²) in [7, 11) is -2.83. The molecule has 2 fully saturated rings. The van der Waals surface area contributed by atoms with Gasteiger partial charge in [0.2, 0.25) is 0 Å². The molecule has 8 nitrogen and oxygen atoms in total. The Kier molecular flexibility index (Phi) is 6.11. The van der Waals surface area contributed by atoms with Crippen molar-refractivity contribution >= 4 is 26.5 Å². The van der Waals surface area contributed by atoms with Gasteiger partial charge in [0.15, 0.2) is 15.5 Å². The zero-order valence-corrected chi connectivity index (χ0v) is 23.0. The van der Waals surface area contributed by atoms with Crippen LogP contribution in [0.15, 0.2) is 24.7 Å². The zero-order chi connectivity index (χ0) is 25.9. The number of sulfone groups is 1.